The van der Waals surface area contributed by atoms with E-state index in [0.717, 1.165) is 0 Å². The van der Waals surface area contributed by atoms with Crippen LogP contribution in [0.15, 0.2) is 46.7 Å². The molecule has 27 heavy (non-hydrogen) atoms. The molecule has 0 aliphatic heterocycles. The largest absolute Gasteiger partial charge is 0.326 e. The molecule has 144 valence electrons. The first-order chi connectivity index (χ1) is 12.7. The summed E-state index contributed by atoms with van der Waals surface area (Å²) >= 11 is 1.20. The molecule has 1 aromatic carbocycles. The molecule has 9 nitrogen and oxygen atoms in total. The lowest BCUT2D eigenvalue weighted by atomic mass is 10.3. The van der Waals surface area contributed by atoms with Crippen molar-refractivity contribution in [2.75, 3.05) is 5.32 Å². The van der Waals surface area contributed by atoms with Crippen LogP contribution in [0.2, 0.25) is 0 Å². The molecule has 0 aliphatic rings. The van der Waals surface area contributed by atoms with Crippen molar-refractivity contribution in [2.45, 2.75) is 24.8 Å². The van der Waals surface area contributed by atoms with Gasteiger partial charge in [-0.3, -0.25) is 25.2 Å². The fraction of sp³-hybridized carbons (Fsp3) is 0.188. The predicted molar refractivity (Wildman–Crippen MR) is 100 cm³/mol. The fourth-order valence-electron chi connectivity index (χ4n) is 1.97. The van der Waals surface area contributed by atoms with Gasteiger partial charge in [-0.05, 0) is 42.6 Å². The maximum absolute atomic E-state index is 12.3. The van der Waals surface area contributed by atoms with Crippen molar-refractivity contribution in [3.05, 3.63) is 46.7 Å². The van der Waals surface area contributed by atoms with Crippen LogP contribution in [-0.4, -0.2) is 32.2 Å². The van der Waals surface area contributed by atoms with E-state index in [9.17, 15) is 22.8 Å². The third-order valence-electron chi connectivity index (χ3n) is 3.25. The number of nitrogens with one attached hydrogen (secondary N) is 4. The lowest BCUT2D eigenvalue weighted by Crippen LogP contribution is -2.50. The zero-order valence-electron chi connectivity index (χ0n) is 14.5. The summed E-state index contributed by atoms with van der Waals surface area (Å²) in [7, 11) is -3.97. The summed E-state index contributed by atoms with van der Waals surface area (Å²) in [5.41, 5.74) is 4.83. The molecule has 0 saturated carbocycles. The maximum Gasteiger partial charge on any atom is 0.279 e. The highest BCUT2D eigenvalue weighted by Crippen LogP contribution is 2.14. The Bertz CT molecular complexity index is 924. The molecule has 0 aliphatic carbocycles. The molecule has 3 amide bonds. The number of benzene rings is 1. The van der Waals surface area contributed by atoms with E-state index in [1.165, 1.54) is 49.4 Å². The summed E-state index contributed by atoms with van der Waals surface area (Å²) in [4.78, 5) is 35.1. The molecule has 1 unspecified atom stereocenters. The van der Waals surface area contributed by atoms with Crippen molar-refractivity contribution >= 4 is 44.8 Å². The molecule has 0 bridgehead atoms. The first-order valence-corrected chi connectivity index (χ1v) is 10.1. The average molecular weight is 410 g/mol. The van der Waals surface area contributed by atoms with Gasteiger partial charge in [0.15, 0.2) is 0 Å². The van der Waals surface area contributed by atoms with Crippen molar-refractivity contribution < 1.29 is 22.8 Å². The second-order valence-corrected chi connectivity index (χ2v) is 8.13. The fourth-order valence-corrected chi connectivity index (χ4v) is 3.79. The minimum absolute atomic E-state index is 0.0705. The van der Waals surface area contributed by atoms with Crippen LogP contribution in [0.1, 0.15) is 23.5 Å². The minimum Gasteiger partial charge on any atom is -0.326 e. The summed E-state index contributed by atoms with van der Waals surface area (Å²) in [5, 5.41) is 4.24. The number of carbonyl (C=O) groups excluding carboxylic acids is 3. The van der Waals surface area contributed by atoms with E-state index in [4.69, 9.17) is 0 Å². The van der Waals surface area contributed by atoms with Crippen LogP contribution >= 0.6 is 11.3 Å². The van der Waals surface area contributed by atoms with E-state index in [2.05, 4.69) is 20.9 Å². The highest BCUT2D eigenvalue weighted by atomic mass is 32.2. The van der Waals surface area contributed by atoms with Gasteiger partial charge < -0.3 is 5.32 Å². The number of thiophene rings is 1. The van der Waals surface area contributed by atoms with Crippen LogP contribution in [0.25, 0.3) is 0 Å². The van der Waals surface area contributed by atoms with Crippen LogP contribution < -0.4 is 20.9 Å². The summed E-state index contributed by atoms with van der Waals surface area (Å²) in [6, 6.07) is 7.61. The molecule has 0 fully saturated rings. The Labute approximate surface area is 160 Å². The molecule has 4 N–H and O–H groups in total. The van der Waals surface area contributed by atoms with E-state index in [0.29, 0.717) is 10.6 Å². The predicted octanol–water partition coefficient (Wildman–Crippen LogP) is 0.834. The Morgan fingerprint density at radius 1 is 1.04 bits per heavy atom. The summed E-state index contributed by atoms with van der Waals surface area (Å²) in [5.74, 6) is -1.50. The van der Waals surface area contributed by atoms with Gasteiger partial charge >= 0.3 is 0 Å². The van der Waals surface area contributed by atoms with Gasteiger partial charge in [0.05, 0.1) is 15.8 Å². The van der Waals surface area contributed by atoms with Crippen LogP contribution in [0.3, 0.4) is 0 Å². The van der Waals surface area contributed by atoms with E-state index in [-0.39, 0.29) is 10.8 Å². The number of carbonyl (C=O) groups is 3. The van der Waals surface area contributed by atoms with E-state index in [1.54, 1.807) is 17.5 Å². The van der Waals surface area contributed by atoms with Crippen molar-refractivity contribution in [2.24, 2.45) is 0 Å². The van der Waals surface area contributed by atoms with Crippen LogP contribution in [0.4, 0.5) is 5.69 Å². The van der Waals surface area contributed by atoms with E-state index in [1.807, 2.05) is 0 Å². The Morgan fingerprint density at radius 3 is 2.26 bits per heavy atom. The Balaban J connectivity index is 1.94. The molecular weight excluding hydrogens is 392 g/mol. The van der Waals surface area contributed by atoms with E-state index >= 15 is 0 Å². The second kappa shape index (κ2) is 8.75. The first kappa shape index (κ1) is 20.6. The lowest BCUT2D eigenvalue weighted by molar-refractivity contribution is -0.123. The van der Waals surface area contributed by atoms with Gasteiger partial charge in [0, 0.05) is 12.6 Å². The van der Waals surface area contributed by atoms with Crippen molar-refractivity contribution in [3.8, 4) is 0 Å². The number of hydrogen-bond acceptors (Lipinski definition) is 6. The quantitative estimate of drug-likeness (QED) is 0.524. The van der Waals surface area contributed by atoms with Crippen molar-refractivity contribution in [1.82, 2.24) is 15.6 Å². The molecule has 0 saturated heterocycles. The minimum atomic E-state index is -3.97. The smallest absolute Gasteiger partial charge is 0.279 e. The number of hydrazine groups is 1. The molecule has 0 radical (unpaired) electrons. The molecule has 1 heterocycles. The number of anilines is 1. The van der Waals surface area contributed by atoms with Gasteiger partial charge in [-0.15, -0.1) is 11.3 Å². The number of sulfonamides is 1. The Hall–Kier alpha value is -2.76. The highest BCUT2D eigenvalue weighted by Gasteiger charge is 2.22. The Morgan fingerprint density at radius 2 is 1.70 bits per heavy atom. The average Bonchev–Trinajstić information content (AvgIpc) is 3.13. The summed E-state index contributed by atoms with van der Waals surface area (Å²) in [6.07, 6.45) is 0. The maximum atomic E-state index is 12.3. The zero-order chi connectivity index (χ0) is 20.0. The van der Waals surface area contributed by atoms with Gasteiger partial charge in [-0.1, -0.05) is 6.07 Å². The van der Waals surface area contributed by atoms with Crippen LogP contribution in [-0.2, 0) is 19.6 Å². The molecule has 1 atom stereocenters. The van der Waals surface area contributed by atoms with Gasteiger partial charge in [0.1, 0.15) is 0 Å². The Kier molecular flexibility index (Phi) is 6.66. The molecule has 11 heteroatoms. The monoisotopic (exact) mass is 410 g/mol. The van der Waals surface area contributed by atoms with Crippen molar-refractivity contribution in [1.29, 1.82) is 0 Å². The summed E-state index contributed by atoms with van der Waals surface area (Å²) in [6.45, 7) is 2.68. The van der Waals surface area contributed by atoms with Gasteiger partial charge in [0.25, 0.3) is 11.8 Å². The van der Waals surface area contributed by atoms with Crippen molar-refractivity contribution in [3.63, 3.8) is 0 Å². The standard InChI is InChI=1S/C16H18N4O5S2/c1-10(15(22)18-19-16(23)14-4-3-9-26-14)20-27(24,25)13-7-5-12(6-8-13)17-11(2)21/h3-10,20H,1-2H3,(H,17,21)(H,18,22)(H,19,23). The van der Waals surface area contributed by atoms with E-state index < -0.39 is 27.9 Å². The molecule has 0 spiro atoms. The van der Waals surface area contributed by atoms with Crippen LogP contribution in [0.5, 0.6) is 0 Å². The summed E-state index contributed by atoms with van der Waals surface area (Å²) < 4.78 is 26.9. The molecule has 1 aromatic heterocycles. The van der Waals surface area contributed by atoms with Gasteiger partial charge in [-0.2, -0.15) is 4.72 Å². The number of hydrogen-bond donors (Lipinski definition) is 4. The second-order valence-electron chi connectivity index (χ2n) is 5.47. The van der Waals surface area contributed by atoms with Crippen LogP contribution in [0, 0.1) is 0 Å². The lowest BCUT2D eigenvalue weighted by Gasteiger charge is -2.15. The van der Waals surface area contributed by atoms with Gasteiger partial charge in [0.2, 0.25) is 15.9 Å². The first-order valence-electron chi connectivity index (χ1n) is 7.73. The molecular formula is C16H18N4O5S2. The SMILES string of the molecule is CC(=O)Nc1ccc(S(=O)(=O)NC(C)C(=O)NNC(=O)c2cccs2)cc1. The van der Waals surface area contributed by atoms with Gasteiger partial charge in [-0.25, -0.2) is 8.42 Å². The third-order valence-corrected chi connectivity index (χ3v) is 5.68. The highest BCUT2D eigenvalue weighted by molar-refractivity contribution is 7.89. The zero-order valence-corrected chi connectivity index (χ0v) is 16.1. The third kappa shape index (κ3) is 5.88. The number of amides is 3. The molecule has 2 rings (SSSR count). The topological polar surface area (TPSA) is 133 Å². The molecule has 2 aromatic rings. The number of rotatable bonds is 6. The normalized spacial score (nSPS) is 12.1.